The largest absolute Gasteiger partial charge is 0.493 e. The van der Waals surface area contributed by atoms with E-state index in [4.69, 9.17) is 14.2 Å². The van der Waals surface area contributed by atoms with Crippen molar-refractivity contribution in [3.8, 4) is 11.5 Å². The van der Waals surface area contributed by atoms with Crippen LogP contribution in [-0.4, -0.2) is 50.8 Å². The van der Waals surface area contributed by atoms with Crippen molar-refractivity contribution in [2.75, 3.05) is 40.0 Å². The molecule has 1 saturated carbocycles. The first-order chi connectivity index (χ1) is 11.7. The third-order valence-electron chi connectivity index (χ3n) is 5.41. The van der Waals surface area contributed by atoms with Crippen LogP contribution in [0.2, 0.25) is 0 Å². The number of likely N-dealkylation sites (tertiary alicyclic amines) is 1. The first-order valence-corrected chi connectivity index (χ1v) is 8.80. The summed E-state index contributed by atoms with van der Waals surface area (Å²) in [5.41, 5.74) is 0.163. The van der Waals surface area contributed by atoms with Gasteiger partial charge in [0.05, 0.1) is 13.7 Å². The predicted molar refractivity (Wildman–Crippen MR) is 91.3 cm³/mol. The predicted octanol–water partition coefficient (Wildman–Crippen LogP) is 2.74. The number of amides is 1. The highest BCUT2D eigenvalue weighted by Crippen LogP contribution is 2.48. The number of rotatable bonds is 7. The molecule has 1 aliphatic carbocycles. The van der Waals surface area contributed by atoms with Crippen molar-refractivity contribution in [3.63, 3.8) is 0 Å². The maximum absolute atomic E-state index is 12.6. The number of benzene rings is 1. The van der Waals surface area contributed by atoms with Crippen molar-refractivity contribution in [1.29, 1.82) is 0 Å². The molecule has 1 amide bonds. The number of para-hydroxylation sites is 2. The summed E-state index contributed by atoms with van der Waals surface area (Å²) in [6.07, 6.45) is 3.61. The second-order valence-electron chi connectivity index (χ2n) is 6.80. The van der Waals surface area contributed by atoms with Crippen LogP contribution in [0.4, 0.5) is 0 Å². The molecule has 1 saturated heterocycles. The van der Waals surface area contributed by atoms with Crippen molar-refractivity contribution in [2.24, 2.45) is 11.3 Å². The van der Waals surface area contributed by atoms with Crippen LogP contribution in [0.15, 0.2) is 24.3 Å². The highest BCUT2D eigenvalue weighted by molar-refractivity contribution is 5.78. The van der Waals surface area contributed by atoms with Gasteiger partial charge in [-0.3, -0.25) is 4.79 Å². The zero-order valence-electron chi connectivity index (χ0n) is 14.6. The fourth-order valence-electron chi connectivity index (χ4n) is 4.11. The number of carbonyl (C=O) groups is 1. The van der Waals surface area contributed by atoms with Crippen molar-refractivity contribution in [3.05, 3.63) is 24.3 Å². The van der Waals surface area contributed by atoms with Crippen LogP contribution >= 0.6 is 0 Å². The zero-order valence-corrected chi connectivity index (χ0v) is 14.6. The number of methoxy groups -OCH3 is 1. The molecule has 5 nitrogen and oxygen atoms in total. The summed E-state index contributed by atoms with van der Waals surface area (Å²) in [5, 5.41) is 0. The molecule has 0 radical (unpaired) electrons. The van der Waals surface area contributed by atoms with Crippen molar-refractivity contribution in [2.45, 2.75) is 26.2 Å². The third kappa shape index (κ3) is 3.36. The Kier molecular flexibility index (Phi) is 5.29. The van der Waals surface area contributed by atoms with Gasteiger partial charge in [0.2, 0.25) is 0 Å². The Balaban J connectivity index is 1.58. The Hall–Kier alpha value is -1.75. The Morgan fingerprint density at radius 3 is 2.88 bits per heavy atom. The molecule has 0 N–H and O–H groups in total. The summed E-state index contributed by atoms with van der Waals surface area (Å²) < 4.78 is 16.7. The third-order valence-corrected chi connectivity index (χ3v) is 5.41. The Morgan fingerprint density at radius 1 is 1.33 bits per heavy atom. The molecule has 1 aromatic carbocycles. The van der Waals surface area contributed by atoms with Gasteiger partial charge in [-0.2, -0.15) is 0 Å². The molecule has 2 aliphatic rings. The van der Waals surface area contributed by atoms with Gasteiger partial charge in [0, 0.05) is 25.1 Å². The molecule has 0 unspecified atom stereocenters. The molecule has 0 spiro atoms. The molecule has 3 rings (SSSR count). The Labute approximate surface area is 143 Å². The van der Waals surface area contributed by atoms with E-state index in [1.165, 1.54) is 12.8 Å². The SMILES string of the molecule is CCOC[C@@]12CCC[C@@H]1CN(C(=O)COc1ccccc1OC)C2. The summed E-state index contributed by atoms with van der Waals surface area (Å²) >= 11 is 0. The van der Waals surface area contributed by atoms with Crippen molar-refractivity contribution in [1.82, 2.24) is 4.90 Å². The van der Waals surface area contributed by atoms with E-state index < -0.39 is 0 Å². The first kappa shape index (κ1) is 17.1. The fraction of sp³-hybridized carbons (Fsp3) is 0.632. The molecule has 2 fully saturated rings. The number of fused-ring (bicyclic) bond motifs is 1. The van der Waals surface area contributed by atoms with Gasteiger partial charge in [-0.25, -0.2) is 0 Å². The molecule has 0 aromatic heterocycles. The molecule has 24 heavy (non-hydrogen) atoms. The lowest BCUT2D eigenvalue weighted by molar-refractivity contribution is -0.133. The van der Waals surface area contributed by atoms with Gasteiger partial charge in [0.15, 0.2) is 18.1 Å². The average molecular weight is 333 g/mol. The minimum atomic E-state index is 0.0474. The topological polar surface area (TPSA) is 48.0 Å². The van der Waals surface area contributed by atoms with Gasteiger partial charge in [0.25, 0.3) is 5.91 Å². The van der Waals surface area contributed by atoms with E-state index in [-0.39, 0.29) is 17.9 Å². The van der Waals surface area contributed by atoms with E-state index in [9.17, 15) is 4.79 Å². The van der Waals surface area contributed by atoms with Gasteiger partial charge >= 0.3 is 0 Å². The van der Waals surface area contributed by atoms with Crippen LogP contribution in [0, 0.1) is 11.3 Å². The van der Waals surface area contributed by atoms with Crippen molar-refractivity contribution < 1.29 is 19.0 Å². The van der Waals surface area contributed by atoms with E-state index in [2.05, 4.69) is 0 Å². The first-order valence-electron chi connectivity index (χ1n) is 8.80. The molecule has 132 valence electrons. The molecule has 1 aliphatic heterocycles. The summed E-state index contributed by atoms with van der Waals surface area (Å²) in [6.45, 7) is 5.22. The Bertz CT molecular complexity index is 576. The van der Waals surface area contributed by atoms with Gasteiger partial charge < -0.3 is 19.1 Å². The van der Waals surface area contributed by atoms with E-state index >= 15 is 0 Å². The molecular formula is C19H27NO4. The van der Waals surface area contributed by atoms with E-state index in [1.54, 1.807) is 7.11 Å². The molecular weight excluding hydrogens is 306 g/mol. The molecule has 1 aromatic rings. The zero-order chi connectivity index (χ0) is 17.0. The normalized spacial score (nSPS) is 25.6. The lowest BCUT2D eigenvalue weighted by atomic mass is 9.82. The van der Waals surface area contributed by atoms with Gasteiger partial charge in [-0.15, -0.1) is 0 Å². The minimum Gasteiger partial charge on any atom is -0.493 e. The highest BCUT2D eigenvalue weighted by Gasteiger charge is 2.50. The lowest BCUT2D eigenvalue weighted by Crippen LogP contribution is -2.37. The van der Waals surface area contributed by atoms with Gasteiger partial charge in [-0.1, -0.05) is 18.6 Å². The fourth-order valence-corrected chi connectivity index (χ4v) is 4.11. The van der Waals surface area contributed by atoms with Gasteiger partial charge in [-0.05, 0) is 37.8 Å². The van der Waals surface area contributed by atoms with E-state index in [0.29, 0.717) is 17.4 Å². The van der Waals surface area contributed by atoms with Crippen LogP contribution in [0.25, 0.3) is 0 Å². The number of ether oxygens (including phenoxy) is 3. The van der Waals surface area contributed by atoms with Gasteiger partial charge in [0.1, 0.15) is 0 Å². The quantitative estimate of drug-likeness (QED) is 0.770. The molecule has 2 atom stereocenters. The van der Waals surface area contributed by atoms with E-state index in [1.807, 2.05) is 36.1 Å². The standard InChI is InChI=1S/C19H27NO4/c1-3-23-14-19-10-6-7-15(19)11-20(13-19)18(21)12-24-17-9-5-4-8-16(17)22-2/h4-5,8-9,15H,3,6-7,10-14H2,1-2H3/t15-,19+/m1/s1. The second-order valence-corrected chi connectivity index (χ2v) is 6.80. The monoisotopic (exact) mass is 333 g/mol. The smallest absolute Gasteiger partial charge is 0.260 e. The number of carbonyl (C=O) groups excluding carboxylic acids is 1. The Morgan fingerprint density at radius 2 is 2.12 bits per heavy atom. The van der Waals surface area contributed by atoms with Crippen LogP contribution in [-0.2, 0) is 9.53 Å². The van der Waals surface area contributed by atoms with Crippen LogP contribution in [0.5, 0.6) is 11.5 Å². The number of hydrogen-bond acceptors (Lipinski definition) is 4. The van der Waals surface area contributed by atoms with Crippen LogP contribution < -0.4 is 9.47 Å². The number of hydrogen-bond donors (Lipinski definition) is 0. The summed E-state index contributed by atoms with van der Waals surface area (Å²) in [6, 6.07) is 7.41. The summed E-state index contributed by atoms with van der Waals surface area (Å²) in [5.74, 6) is 1.87. The summed E-state index contributed by atoms with van der Waals surface area (Å²) in [7, 11) is 1.60. The molecule has 1 heterocycles. The molecule has 0 bridgehead atoms. The maximum atomic E-state index is 12.6. The average Bonchev–Trinajstić information content (AvgIpc) is 3.15. The van der Waals surface area contributed by atoms with Crippen LogP contribution in [0.3, 0.4) is 0 Å². The minimum absolute atomic E-state index is 0.0474. The highest BCUT2D eigenvalue weighted by atomic mass is 16.5. The maximum Gasteiger partial charge on any atom is 0.260 e. The second kappa shape index (κ2) is 7.43. The lowest BCUT2D eigenvalue weighted by Gasteiger charge is -2.28. The van der Waals surface area contributed by atoms with Crippen LogP contribution in [0.1, 0.15) is 26.2 Å². The summed E-state index contributed by atoms with van der Waals surface area (Å²) in [4.78, 5) is 14.5. The molecule has 5 heteroatoms. The van der Waals surface area contributed by atoms with Crippen molar-refractivity contribution >= 4 is 5.91 Å². The van der Waals surface area contributed by atoms with E-state index in [0.717, 1.165) is 32.7 Å². The number of nitrogens with zero attached hydrogens (tertiary/aromatic N) is 1.